The highest BCUT2D eigenvalue weighted by atomic mass is 16.5. The minimum absolute atomic E-state index is 0.0124. The number of ether oxygens (including phenoxy) is 4. The van der Waals surface area contributed by atoms with Crippen LogP contribution in [0.1, 0.15) is 40.0 Å². The van der Waals surface area contributed by atoms with Crippen LogP contribution in [-0.4, -0.2) is 50.9 Å². The van der Waals surface area contributed by atoms with Gasteiger partial charge in [0.1, 0.15) is 11.5 Å². The zero-order valence-electron chi connectivity index (χ0n) is 19.7. The van der Waals surface area contributed by atoms with E-state index in [9.17, 15) is 19.2 Å². The molecule has 0 aliphatic heterocycles. The number of fused-ring (bicyclic) bond motifs is 2. The first-order valence-corrected chi connectivity index (χ1v) is 11.6. The van der Waals surface area contributed by atoms with Crippen molar-refractivity contribution in [3.05, 3.63) is 59.7 Å². The van der Waals surface area contributed by atoms with Gasteiger partial charge in [0, 0.05) is 11.1 Å². The first kappa shape index (κ1) is 24.4. The molecular formula is C27H28O8. The smallest absolute Gasteiger partial charge is 0.310 e. The molecule has 2 bridgehead atoms. The molecule has 0 N–H and O–H groups in total. The molecular weight excluding hydrogens is 452 g/mol. The molecule has 8 heteroatoms. The minimum atomic E-state index is -0.666. The van der Waals surface area contributed by atoms with Gasteiger partial charge in [-0.2, -0.15) is 0 Å². The maximum Gasteiger partial charge on any atom is 0.310 e. The van der Waals surface area contributed by atoms with Gasteiger partial charge in [-0.3, -0.25) is 19.2 Å². The lowest BCUT2D eigenvalue weighted by Gasteiger charge is -2.27. The molecule has 0 amide bonds. The molecule has 2 aliphatic rings. The summed E-state index contributed by atoms with van der Waals surface area (Å²) in [5.41, 5.74) is 0.805. The molecule has 2 aromatic rings. The largest absolute Gasteiger partial charge is 0.497 e. The molecule has 35 heavy (non-hydrogen) atoms. The quantitative estimate of drug-likeness (QED) is 0.376. The van der Waals surface area contributed by atoms with Crippen LogP contribution < -0.4 is 9.47 Å². The summed E-state index contributed by atoms with van der Waals surface area (Å²) in [5, 5.41) is 0. The average molecular weight is 481 g/mol. The third kappa shape index (κ3) is 5.37. The number of methoxy groups -OCH3 is 2. The van der Waals surface area contributed by atoms with Crippen molar-refractivity contribution in [2.24, 2.45) is 23.7 Å². The van der Waals surface area contributed by atoms with E-state index in [1.807, 2.05) is 0 Å². The summed E-state index contributed by atoms with van der Waals surface area (Å²) in [5.74, 6) is -1.88. The number of ketones is 2. The van der Waals surface area contributed by atoms with Crippen molar-refractivity contribution in [3.63, 3.8) is 0 Å². The number of Topliss-reactive ketones (excluding diaryl/α,β-unsaturated/α-hetero) is 2. The fourth-order valence-corrected chi connectivity index (χ4v) is 5.16. The van der Waals surface area contributed by atoms with Gasteiger partial charge in [0.2, 0.25) is 0 Å². The van der Waals surface area contributed by atoms with Crippen LogP contribution in [0.15, 0.2) is 48.5 Å². The molecule has 0 heterocycles. The molecule has 2 saturated carbocycles. The first-order chi connectivity index (χ1) is 16.9. The fourth-order valence-electron chi connectivity index (χ4n) is 5.16. The van der Waals surface area contributed by atoms with E-state index in [0.717, 1.165) is 19.3 Å². The molecule has 0 radical (unpaired) electrons. The van der Waals surface area contributed by atoms with Crippen LogP contribution in [0.5, 0.6) is 11.5 Å². The molecule has 4 atom stereocenters. The van der Waals surface area contributed by atoms with Crippen LogP contribution >= 0.6 is 0 Å². The lowest BCUT2D eigenvalue weighted by molar-refractivity contribution is -0.162. The molecule has 4 unspecified atom stereocenters. The number of hydrogen-bond donors (Lipinski definition) is 0. The zero-order chi connectivity index (χ0) is 24.9. The summed E-state index contributed by atoms with van der Waals surface area (Å²) < 4.78 is 20.8. The Hall–Kier alpha value is -3.68. The van der Waals surface area contributed by atoms with Crippen LogP contribution in [0.25, 0.3) is 0 Å². The van der Waals surface area contributed by atoms with Crippen LogP contribution in [0.4, 0.5) is 0 Å². The molecule has 2 fully saturated rings. The van der Waals surface area contributed by atoms with E-state index in [0.29, 0.717) is 22.6 Å². The van der Waals surface area contributed by atoms with Crippen molar-refractivity contribution in [3.8, 4) is 11.5 Å². The SMILES string of the molecule is COc1ccc(C(=O)COC(=O)C2C3CCC(C3)C2C(=O)OCC(=O)c2ccc(OC)cc2)cc1. The zero-order valence-corrected chi connectivity index (χ0v) is 19.7. The second-order valence-electron chi connectivity index (χ2n) is 8.90. The van der Waals surface area contributed by atoms with Crippen LogP contribution in [0.3, 0.4) is 0 Å². The summed E-state index contributed by atoms with van der Waals surface area (Å²) in [7, 11) is 3.06. The second kappa shape index (κ2) is 10.7. The van der Waals surface area contributed by atoms with Crippen LogP contribution in [-0.2, 0) is 19.1 Å². The number of rotatable bonds is 10. The summed E-state index contributed by atoms with van der Waals surface area (Å²) >= 11 is 0. The number of benzene rings is 2. The molecule has 0 saturated heterocycles. The number of esters is 2. The van der Waals surface area contributed by atoms with Crippen molar-refractivity contribution < 1.29 is 38.1 Å². The van der Waals surface area contributed by atoms with E-state index in [4.69, 9.17) is 18.9 Å². The number of hydrogen-bond acceptors (Lipinski definition) is 8. The highest BCUT2D eigenvalue weighted by molar-refractivity contribution is 5.99. The van der Waals surface area contributed by atoms with Gasteiger partial charge < -0.3 is 18.9 Å². The van der Waals surface area contributed by atoms with Crippen molar-refractivity contribution in [2.45, 2.75) is 19.3 Å². The number of carbonyl (C=O) groups excluding carboxylic acids is 4. The molecule has 4 rings (SSSR count). The van der Waals surface area contributed by atoms with Gasteiger partial charge in [-0.15, -0.1) is 0 Å². The predicted molar refractivity (Wildman–Crippen MR) is 124 cm³/mol. The topological polar surface area (TPSA) is 105 Å². The molecule has 8 nitrogen and oxygen atoms in total. The number of carbonyl (C=O) groups is 4. The van der Waals surface area contributed by atoms with E-state index in [2.05, 4.69) is 0 Å². The minimum Gasteiger partial charge on any atom is -0.497 e. The third-order valence-corrected chi connectivity index (χ3v) is 6.98. The first-order valence-electron chi connectivity index (χ1n) is 11.6. The van der Waals surface area contributed by atoms with Gasteiger partial charge in [-0.25, -0.2) is 0 Å². The van der Waals surface area contributed by atoms with Crippen molar-refractivity contribution in [2.75, 3.05) is 27.4 Å². The Labute approximate surface area is 203 Å². The van der Waals surface area contributed by atoms with E-state index < -0.39 is 37.0 Å². The van der Waals surface area contributed by atoms with Gasteiger partial charge in [0.15, 0.2) is 24.8 Å². The van der Waals surface area contributed by atoms with Gasteiger partial charge in [0.05, 0.1) is 26.1 Å². The summed E-state index contributed by atoms with van der Waals surface area (Å²) in [6.07, 6.45) is 2.38. The Kier molecular flexibility index (Phi) is 7.48. The fraction of sp³-hybridized carbons (Fsp3) is 0.407. The van der Waals surface area contributed by atoms with E-state index in [1.54, 1.807) is 48.5 Å². The summed E-state index contributed by atoms with van der Waals surface area (Å²) in [6, 6.07) is 13.0. The molecule has 184 valence electrons. The maximum absolute atomic E-state index is 12.9. The van der Waals surface area contributed by atoms with Gasteiger partial charge in [-0.1, -0.05) is 0 Å². The lowest BCUT2D eigenvalue weighted by Crippen LogP contribution is -2.38. The van der Waals surface area contributed by atoms with E-state index in [-0.39, 0.29) is 23.4 Å². The maximum atomic E-state index is 12.9. The normalized spacial score (nSPS) is 22.3. The Balaban J connectivity index is 1.34. The summed E-state index contributed by atoms with van der Waals surface area (Å²) in [6.45, 7) is -0.812. The van der Waals surface area contributed by atoms with E-state index >= 15 is 0 Å². The predicted octanol–water partition coefficient (Wildman–Crippen LogP) is 3.52. The van der Waals surface area contributed by atoms with Crippen LogP contribution in [0.2, 0.25) is 0 Å². The van der Waals surface area contributed by atoms with Crippen molar-refractivity contribution in [1.82, 2.24) is 0 Å². The highest BCUT2D eigenvalue weighted by Gasteiger charge is 2.55. The van der Waals surface area contributed by atoms with Crippen LogP contribution in [0, 0.1) is 23.7 Å². The molecule has 0 spiro atoms. The monoisotopic (exact) mass is 480 g/mol. The van der Waals surface area contributed by atoms with Crippen molar-refractivity contribution >= 4 is 23.5 Å². The Bertz CT molecular complexity index is 1000. The van der Waals surface area contributed by atoms with Crippen molar-refractivity contribution in [1.29, 1.82) is 0 Å². The third-order valence-electron chi connectivity index (χ3n) is 6.98. The second-order valence-corrected chi connectivity index (χ2v) is 8.90. The standard InChI is InChI=1S/C27H28O8/c1-32-20-9-5-16(6-10-20)22(28)14-34-26(30)24-18-3-4-19(13-18)25(24)27(31)35-15-23(29)17-7-11-21(33-2)12-8-17/h5-12,18-19,24-25H,3-4,13-15H2,1-2H3. The molecule has 2 aromatic carbocycles. The highest BCUT2D eigenvalue weighted by Crippen LogP contribution is 2.53. The van der Waals surface area contributed by atoms with Gasteiger partial charge >= 0.3 is 11.9 Å². The van der Waals surface area contributed by atoms with Gasteiger partial charge in [0.25, 0.3) is 0 Å². The van der Waals surface area contributed by atoms with E-state index in [1.165, 1.54) is 14.2 Å². The molecule has 2 aliphatic carbocycles. The molecule has 0 aromatic heterocycles. The Morgan fingerprint density at radius 1 is 0.657 bits per heavy atom. The summed E-state index contributed by atoms with van der Waals surface area (Å²) in [4.78, 5) is 50.7. The Morgan fingerprint density at radius 2 is 1.03 bits per heavy atom. The average Bonchev–Trinajstić information content (AvgIpc) is 3.52. The van der Waals surface area contributed by atoms with Gasteiger partial charge in [-0.05, 0) is 79.6 Å². The Morgan fingerprint density at radius 3 is 1.37 bits per heavy atom. The lowest BCUT2D eigenvalue weighted by atomic mass is 9.79.